The SMILES string of the molecule is Cc1cc(C(=O)COC(=O)c2cc(Cl)ccn2)c(C)n1CCc1ccccc1. The minimum absolute atomic E-state index is 0.0774. The number of benzene rings is 1. The first-order valence-electron chi connectivity index (χ1n) is 8.98. The Morgan fingerprint density at radius 1 is 1.11 bits per heavy atom. The van der Waals surface area contributed by atoms with Gasteiger partial charge < -0.3 is 9.30 Å². The van der Waals surface area contributed by atoms with Gasteiger partial charge in [0.1, 0.15) is 5.69 Å². The number of nitrogens with zero attached hydrogens (tertiary/aromatic N) is 2. The predicted molar refractivity (Wildman–Crippen MR) is 108 cm³/mol. The number of aryl methyl sites for hydroxylation is 2. The maximum absolute atomic E-state index is 12.6. The lowest BCUT2D eigenvalue weighted by Gasteiger charge is -2.10. The zero-order valence-corrected chi connectivity index (χ0v) is 16.6. The van der Waals surface area contributed by atoms with Crippen molar-refractivity contribution in [2.45, 2.75) is 26.8 Å². The van der Waals surface area contributed by atoms with E-state index >= 15 is 0 Å². The van der Waals surface area contributed by atoms with E-state index in [-0.39, 0.29) is 18.1 Å². The molecule has 2 heterocycles. The Hall–Kier alpha value is -2.92. The molecule has 1 aromatic carbocycles. The molecular formula is C22H21ClN2O3. The number of hydrogen-bond donors (Lipinski definition) is 0. The summed E-state index contributed by atoms with van der Waals surface area (Å²) in [4.78, 5) is 28.5. The minimum Gasteiger partial charge on any atom is -0.453 e. The molecule has 0 unspecified atom stereocenters. The van der Waals surface area contributed by atoms with Gasteiger partial charge in [-0.1, -0.05) is 41.9 Å². The Morgan fingerprint density at radius 2 is 1.86 bits per heavy atom. The van der Waals surface area contributed by atoms with Crippen LogP contribution in [0.3, 0.4) is 0 Å². The van der Waals surface area contributed by atoms with Gasteiger partial charge in [0.2, 0.25) is 5.78 Å². The van der Waals surface area contributed by atoms with E-state index in [1.165, 1.54) is 17.8 Å². The summed E-state index contributed by atoms with van der Waals surface area (Å²) in [7, 11) is 0. The summed E-state index contributed by atoms with van der Waals surface area (Å²) in [6, 6.07) is 15.0. The summed E-state index contributed by atoms with van der Waals surface area (Å²) < 4.78 is 7.23. The van der Waals surface area contributed by atoms with E-state index in [4.69, 9.17) is 16.3 Å². The van der Waals surface area contributed by atoms with Crippen molar-refractivity contribution in [1.82, 2.24) is 9.55 Å². The number of halogens is 1. The molecule has 0 amide bonds. The number of ether oxygens (including phenoxy) is 1. The molecule has 144 valence electrons. The van der Waals surface area contributed by atoms with Crippen LogP contribution in [0.4, 0.5) is 0 Å². The molecule has 3 rings (SSSR count). The summed E-state index contributed by atoms with van der Waals surface area (Å²) >= 11 is 5.84. The number of aromatic nitrogens is 2. The molecule has 2 aromatic heterocycles. The number of carbonyl (C=O) groups is 2. The number of ketones is 1. The monoisotopic (exact) mass is 396 g/mol. The lowest BCUT2D eigenvalue weighted by atomic mass is 10.1. The first kappa shape index (κ1) is 19.8. The third kappa shape index (κ3) is 4.67. The topological polar surface area (TPSA) is 61.2 Å². The molecule has 6 heteroatoms. The Balaban J connectivity index is 1.64. The van der Waals surface area contributed by atoms with Crippen LogP contribution in [0.15, 0.2) is 54.7 Å². The molecule has 0 fully saturated rings. The Morgan fingerprint density at radius 3 is 2.57 bits per heavy atom. The zero-order valence-electron chi connectivity index (χ0n) is 15.8. The standard InChI is InChI=1S/C22H21ClN2O3/c1-15-12-19(16(2)25(15)11-9-17-6-4-3-5-7-17)21(26)14-28-22(27)20-13-18(23)8-10-24-20/h3-8,10,12-13H,9,11,14H2,1-2H3. The molecule has 3 aromatic rings. The van der Waals surface area contributed by atoms with Crippen molar-refractivity contribution in [1.29, 1.82) is 0 Å². The van der Waals surface area contributed by atoms with Gasteiger partial charge in [-0.05, 0) is 44.0 Å². The average molecular weight is 397 g/mol. The van der Waals surface area contributed by atoms with Gasteiger partial charge >= 0.3 is 5.97 Å². The van der Waals surface area contributed by atoms with Crippen molar-refractivity contribution in [2.75, 3.05) is 6.61 Å². The van der Waals surface area contributed by atoms with Gasteiger partial charge in [0.05, 0.1) is 0 Å². The molecule has 0 radical (unpaired) electrons. The maximum Gasteiger partial charge on any atom is 0.357 e. The third-order valence-corrected chi connectivity index (χ3v) is 4.84. The summed E-state index contributed by atoms with van der Waals surface area (Å²) in [6.45, 7) is 4.32. The number of Topliss-reactive ketones (excluding diaryl/α,β-unsaturated/α-hetero) is 1. The van der Waals surface area contributed by atoms with Crippen molar-refractivity contribution in [2.24, 2.45) is 0 Å². The van der Waals surface area contributed by atoms with Gasteiger partial charge in [0, 0.05) is 34.7 Å². The van der Waals surface area contributed by atoms with Gasteiger partial charge in [-0.15, -0.1) is 0 Å². The lowest BCUT2D eigenvalue weighted by Crippen LogP contribution is -2.16. The van der Waals surface area contributed by atoms with Gasteiger partial charge in [-0.3, -0.25) is 4.79 Å². The Kier molecular flexibility index (Phi) is 6.26. The smallest absolute Gasteiger partial charge is 0.357 e. The highest BCUT2D eigenvalue weighted by molar-refractivity contribution is 6.30. The van der Waals surface area contributed by atoms with Crippen LogP contribution in [0.25, 0.3) is 0 Å². The van der Waals surface area contributed by atoms with Crippen LogP contribution in [0.2, 0.25) is 5.02 Å². The summed E-state index contributed by atoms with van der Waals surface area (Å²) in [5.41, 5.74) is 3.76. The molecule has 0 aliphatic rings. The minimum atomic E-state index is -0.672. The number of esters is 1. The van der Waals surface area contributed by atoms with Crippen molar-refractivity contribution in [3.8, 4) is 0 Å². The second kappa shape index (κ2) is 8.85. The lowest BCUT2D eigenvalue weighted by molar-refractivity contribution is 0.0468. The molecule has 0 saturated carbocycles. The van der Waals surface area contributed by atoms with E-state index in [1.807, 2.05) is 38.1 Å². The first-order valence-corrected chi connectivity index (χ1v) is 9.36. The molecule has 0 atom stereocenters. The van der Waals surface area contributed by atoms with Crippen molar-refractivity contribution < 1.29 is 14.3 Å². The number of carbonyl (C=O) groups excluding carboxylic acids is 2. The van der Waals surface area contributed by atoms with Crippen molar-refractivity contribution in [3.63, 3.8) is 0 Å². The van der Waals surface area contributed by atoms with E-state index in [0.29, 0.717) is 10.6 Å². The van der Waals surface area contributed by atoms with E-state index in [1.54, 1.807) is 6.07 Å². The van der Waals surface area contributed by atoms with Crippen LogP contribution >= 0.6 is 11.6 Å². The zero-order chi connectivity index (χ0) is 20.1. The van der Waals surface area contributed by atoms with Gasteiger partial charge in [-0.25, -0.2) is 9.78 Å². The molecular weight excluding hydrogens is 376 g/mol. The predicted octanol–water partition coefficient (Wildman–Crippen LogP) is 4.44. The highest BCUT2D eigenvalue weighted by atomic mass is 35.5. The third-order valence-electron chi connectivity index (χ3n) is 4.61. The molecule has 0 spiro atoms. The first-order chi connectivity index (χ1) is 13.5. The van der Waals surface area contributed by atoms with E-state index in [2.05, 4.69) is 21.7 Å². The second-order valence-electron chi connectivity index (χ2n) is 6.53. The molecule has 0 N–H and O–H groups in total. The summed E-state index contributed by atoms with van der Waals surface area (Å²) in [5.74, 6) is -0.914. The van der Waals surface area contributed by atoms with Crippen molar-refractivity contribution >= 4 is 23.4 Å². The van der Waals surface area contributed by atoms with Gasteiger partial charge in [0.15, 0.2) is 6.61 Å². The largest absolute Gasteiger partial charge is 0.453 e. The highest BCUT2D eigenvalue weighted by Crippen LogP contribution is 2.17. The number of hydrogen-bond acceptors (Lipinski definition) is 4. The maximum atomic E-state index is 12.6. The molecule has 0 bridgehead atoms. The van der Waals surface area contributed by atoms with E-state index in [0.717, 1.165) is 24.4 Å². The van der Waals surface area contributed by atoms with Crippen LogP contribution in [-0.4, -0.2) is 27.9 Å². The van der Waals surface area contributed by atoms with E-state index < -0.39 is 5.97 Å². The Bertz CT molecular complexity index is 996. The van der Waals surface area contributed by atoms with Crippen LogP contribution < -0.4 is 0 Å². The molecule has 0 saturated heterocycles. The fourth-order valence-electron chi connectivity index (χ4n) is 3.11. The van der Waals surface area contributed by atoms with E-state index in [9.17, 15) is 9.59 Å². The molecule has 0 aliphatic carbocycles. The second-order valence-corrected chi connectivity index (χ2v) is 6.97. The van der Waals surface area contributed by atoms with Crippen LogP contribution in [0.1, 0.15) is 37.8 Å². The normalized spacial score (nSPS) is 10.7. The fourth-order valence-corrected chi connectivity index (χ4v) is 3.27. The fraction of sp³-hybridized carbons (Fsp3) is 0.227. The summed E-state index contributed by atoms with van der Waals surface area (Å²) in [6.07, 6.45) is 2.29. The average Bonchev–Trinajstić information content (AvgIpc) is 2.98. The van der Waals surface area contributed by atoms with Gasteiger partial charge in [0.25, 0.3) is 0 Å². The van der Waals surface area contributed by atoms with Crippen molar-refractivity contribution in [3.05, 3.63) is 88.0 Å². The molecule has 0 aliphatic heterocycles. The van der Waals surface area contributed by atoms with Gasteiger partial charge in [-0.2, -0.15) is 0 Å². The molecule has 28 heavy (non-hydrogen) atoms. The van der Waals surface area contributed by atoms with Crippen LogP contribution in [0.5, 0.6) is 0 Å². The van der Waals surface area contributed by atoms with Crippen LogP contribution in [-0.2, 0) is 17.7 Å². The Labute approximate surface area is 168 Å². The van der Waals surface area contributed by atoms with Crippen LogP contribution in [0, 0.1) is 13.8 Å². The summed E-state index contributed by atoms with van der Waals surface area (Å²) in [5, 5.41) is 0.384. The molecule has 5 nitrogen and oxygen atoms in total. The quantitative estimate of drug-likeness (QED) is 0.437. The number of pyridine rings is 1. The highest BCUT2D eigenvalue weighted by Gasteiger charge is 2.18. The number of rotatable bonds is 7.